The van der Waals surface area contributed by atoms with Crippen LogP contribution in [0.2, 0.25) is 0 Å². The molecule has 5 heteroatoms. The van der Waals surface area contributed by atoms with Crippen LogP contribution in [0.25, 0.3) is 5.65 Å². The zero-order valence-electron chi connectivity index (χ0n) is 13.9. The van der Waals surface area contributed by atoms with Crippen molar-refractivity contribution in [2.45, 2.75) is 45.6 Å². The van der Waals surface area contributed by atoms with Gasteiger partial charge in [0.15, 0.2) is 0 Å². The van der Waals surface area contributed by atoms with Crippen LogP contribution in [-0.4, -0.2) is 15.4 Å². The number of carbonyl (C=O) groups is 1. The molecule has 2 saturated carbocycles. The largest absolute Gasteiger partial charge is 0.459 e. The Morgan fingerprint density at radius 1 is 1.38 bits per heavy atom. The van der Waals surface area contributed by atoms with Crippen LogP contribution in [0.1, 0.15) is 43.4 Å². The third kappa shape index (κ3) is 2.83. The van der Waals surface area contributed by atoms with Crippen molar-refractivity contribution in [3.8, 4) is 0 Å². The molecule has 2 aromatic rings. The van der Waals surface area contributed by atoms with Crippen LogP contribution in [0.4, 0.5) is 0 Å². The summed E-state index contributed by atoms with van der Waals surface area (Å²) < 4.78 is 6.90. The molecule has 2 fully saturated rings. The Morgan fingerprint density at radius 2 is 2.25 bits per heavy atom. The van der Waals surface area contributed by atoms with E-state index < -0.39 is 0 Å². The molecule has 0 spiro atoms. The lowest BCUT2D eigenvalue weighted by molar-refractivity contribution is -0.146. The lowest BCUT2D eigenvalue weighted by atomic mass is 9.86. The number of ether oxygens (including phenoxy) is 1. The molecule has 0 unspecified atom stereocenters. The maximum atomic E-state index is 12.1. The Labute approximate surface area is 140 Å². The normalized spacial score (nSPS) is 25.3. The SMILES string of the molecule is Cc1cccn2c(=O)cc(COC(=O)C[C@@H]3C[C@@H]4CC[C@@H]3C4)nc12. The number of nitrogens with zero attached hydrogens (tertiary/aromatic N) is 2. The van der Waals surface area contributed by atoms with E-state index in [1.54, 1.807) is 6.20 Å². The third-order valence-electron chi connectivity index (χ3n) is 5.63. The summed E-state index contributed by atoms with van der Waals surface area (Å²) in [7, 11) is 0. The molecule has 24 heavy (non-hydrogen) atoms. The van der Waals surface area contributed by atoms with Gasteiger partial charge in [-0.1, -0.05) is 12.5 Å². The fourth-order valence-corrected chi connectivity index (χ4v) is 4.44. The minimum absolute atomic E-state index is 0.0692. The number of hydrogen-bond donors (Lipinski definition) is 0. The Balaban J connectivity index is 1.42. The van der Waals surface area contributed by atoms with Gasteiger partial charge in [0.2, 0.25) is 0 Å². The van der Waals surface area contributed by atoms with Gasteiger partial charge in [-0.3, -0.25) is 14.0 Å². The van der Waals surface area contributed by atoms with Crippen LogP contribution in [0, 0.1) is 24.7 Å². The number of aromatic nitrogens is 2. The zero-order chi connectivity index (χ0) is 16.7. The molecule has 2 bridgehead atoms. The van der Waals surface area contributed by atoms with Crippen LogP contribution in [-0.2, 0) is 16.1 Å². The number of esters is 1. The highest BCUT2D eigenvalue weighted by atomic mass is 16.5. The molecule has 0 aromatic carbocycles. The summed E-state index contributed by atoms with van der Waals surface area (Å²) in [6.45, 7) is 1.98. The average Bonchev–Trinajstić information content (AvgIpc) is 3.17. The quantitative estimate of drug-likeness (QED) is 0.811. The molecule has 2 heterocycles. The predicted molar refractivity (Wildman–Crippen MR) is 89.6 cm³/mol. The third-order valence-corrected chi connectivity index (χ3v) is 5.63. The molecule has 0 radical (unpaired) electrons. The van der Waals surface area contributed by atoms with Crippen LogP contribution in [0.3, 0.4) is 0 Å². The molecule has 5 nitrogen and oxygen atoms in total. The van der Waals surface area contributed by atoms with E-state index in [1.165, 1.54) is 36.2 Å². The van der Waals surface area contributed by atoms with Crippen molar-refractivity contribution in [3.63, 3.8) is 0 Å². The molecule has 0 aliphatic heterocycles. The topological polar surface area (TPSA) is 60.7 Å². The Kier molecular flexibility index (Phi) is 3.87. The summed E-state index contributed by atoms with van der Waals surface area (Å²) in [5.74, 6) is 1.87. The fraction of sp³-hybridized carbons (Fsp3) is 0.526. The van der Waals surface area contributed by atoms with Gasteiger partial charge < -0.3 is 4.74 Å². The average molecular weight is 326 g/mol. The molecule has 126 valence electrons. The van der Waals surface area contributed by atoms with Crippen LogP contribution >= 0.6 is 0 Å². The molecule has 2 aliphatic carbocycles. The summed E-state index contributed by atoms with van der Waals surface area (Å²) in [6, 6.07) is 5.17. The number of pyridine rings is 1. The first-order chi connectivity index (χ1) is 11.6. The van der Waals surface area contributed by atoms with E-state index in [9.17, 15) is 9.59 Å². The molecule has 0 amide bonds. The highest BCUT2D eigenvalue weighted by Gasteiger charge is 2.40. The molecule has 2 aromatic heterocycles. The second kappa shape index (κ2) is 6.04. The van der Waals surface area contributed by atoms with Gasteiger partial charge in [-0.15, -0.1) is 0 Å². The summed E-state index contributed by atoms with van der Waals surface area (Å²) in [6.07, 6.45) is 7.27. The predicted octanol–water partition coefficient (Wildman–Crippen LogP) is 2.87. The molecule has 4 rings (SSSR count). The Morgan fingerprint density at radius 3 is 3.00 bits per heavy atom. The first-order valence-electron chi connectivity index (χ1n) is 8.73. The van der Waals surface area contributed by atoms with E-state index in [1.807, 2.05) is 19.1 Å². The minimum Gasteiger partial charge on any atom is -0.459 e. The Bertz CT molecular complexity index is 842. The maximum Gasteiger partial charge on any atom is 0.306 e. The molecule has 0 N–H and O–H groups in total. The smallest absolute Gasteiger partial charge is 0.306 e. The van der Waals surface area contributed by atoms with Crippen molar-refractivity contribution < 1.29 is 9.53 Å². The van der Waals surface area contributed by atoms with Crippen molar-refractivity contribution in [1.29, 1.82) is 0 Å². The summed E-state index contributed by atoms with van der Waals surface area (Å²) in [5, 5.41) is 0. The van der Waals surface area contributed by atoms with Gasteiger partial charge in [0, 0.05) is 18.7 Å². The van der Waals surface area contributed by atoms with Gasteiger partial charge in [-0.05, 0) is 55.6 Å². The van der Waals surface area contributed by atoms with Gasteiger partial charge >= 0.3 is 5.97 Å². The standard InChI is InChI=1S/C19H22N2O3/c1-12-3-2-6-21-17(22)10-16(20-19(12)21)11-24-18(23)9-15-8-13-4-5-14(15)7-13/h2-3,6,10,13-15H,4-5,7-9,11H2,1H3/t13-,14-,15+/m1/s1. The van der Waals surface area contributed by atoms with Gasteiger partial charge in [0.1, 0.15) is 12.3 Å². The number of rotatable bonds is 4. The first-order valence-corrected chi connectivity index (χ1v) is 8.73. The van der Waals surface area contributed by atoms with Crippen LogP contribution in [0.5, 0.6) is 0 Å². The molecular formula is C19H22N2O3. The van der Waals surface area contributed by atoms with E-state index in [-0.39, 0.29) is 18.1 Å². The maximum absolute atomic E-state index is 12.1. The van der Waals surface area contributed by atoms with Crippen molar-refractivity contribution in [1.82, 2.24) is 9.38 Å². The van der Waals surface area contributed by atoms with Crippen LogP contribution < -0.4 is 5.56 Å². The second-order valence-corrected chi connectivity index (χ2v) is 7.27. The number of hydrogen-bond acceptors (Lipinski definition) is 4. The first kappa shape index (κ1) is 15.4. The zero-order valence-corrected chi connectivity index (χ0v) is 13.9. The minimum atomic E-state index is -0.167. The lowest BCUT2D eigenvalue weighted by Crippen LogP contribution is -2.19. The number of carbonyl (C=O) groups excluding carboxylic acids is 1. The number of aryl methyl sites for hydroxylation is 1. The van der Waals surface area contributed by atoms with Gasteiger partial charge in [-0.2, -0.15) is 0 Å². The van der Waals surface area contributed by atoms with E-state index in [2.05, 4.69) is 4.98 Å². The van der Waals surface area contributed by atoms with Crippen molar-refractivity contribution in [2.75, 3.05) is 0 Å². The van der Waals surface area contributed by atoms with Crippen LogP contribution in [0.15, 0.2) is 29.2 Å². The summed E-state index contributed by atoms with van der Waals surface area (Å²) >= 11 is 0. The van der Waals surface area contributed by atoms with E-state index in [0.717, 1.165) is 11.5 Å². The highest BCUT2D eigenvalue weighted by molar-refractivity contribution is 5.69. The molecule has 3 atom stereocenters. The molecule has 0 saturated heterocycles. The number of fused-ring (bicyclic) bond motifs is 3. The molecule has 2 aliphatic rings. The summed E-state index contributed by atoms with van der Waals surface area (Å²) in [5.41, 5.74) is 1.90. The molecular weight excluding hydrogens is 304 g/mol. The lowest BCUT2D eigenvalue weighted by Gasteiger charge is -2.20. The van der Waals surface area contributed by atoms with Crippen molar-refractivity contribution in [3.05, 3.63) is 46.0 Å². The highest BCUT2D eigenvalue weighted by Crippen LogP contribution is 2.49. The second-order valence-electron chi connectivity index (χ2n) is 7.27. The van der Waals surface area contributed by atoms with Gasteiger partial charge in [-0.25, -0.2) is 4.98 Å². The summed E-state index contributed by atoms with van der Waals surface area (Å²) in [4.78, 5) is 28.7. The van der Waals surface area contributed by atoms with Gasteiger partial charge in [0.25, 0.3) is 5.56 Å². The van der Waals surface area contributed by atoms with E-state index in [0.29, 0.717) is 29.6 Å². The van der Waals surface area contributed by atoms with Crippen molar-refractivity contribution in [2.24, 2.45) is 17.8 Å². The Hall–Kier alpha value is -2.17. The van der Waals surface area contributed by atoms with E-state index >= 15 is 0 Å². The monoisotopic (exact) mass is 326 g/mol. The van der Waals surface area contributed by atoms with Gasteiger partial charge in [0.05, 0.1) is 5.69 Å². The van der Waals surface area contributed by atoms with E-state index in [4.69, 9.17) is 4.74 Å². The fourth-order valence-electron chi connectivity index (χ4n) is 4.44. The van der Waals surface area contributed by atoms with Crippen molar-refractivity contribution >= 4 is 11.6 Å².